The first-order chi connectivity index (χ1) is 6.63. The molecule has 1 atom stereocenters. The molecule has 0 heterocycles. The number of amides is 1. The number of benzene rings is 1. The van der Waals surface area contributed by atoms with Gasteiger partial charge in [0.2, 0.25) is 0 Å². The second kappa shape index (κ2) is 4.74. The van der Waals surface area contributed by atoms with Gasteiger partial charge in [0.25, 0.3) is 5.91 Å². The summed E-state index contributed by atoms with van der Waals surface area (Å²) < 4.78 is 11.8. The van der Waals surface area contributed by atoms with Crippen molar-refractivity contribution in [3.05, 3.63) is 35.4 Å². The molecule has 0 aliphatic rings. The van der Waals surface area contributed by atoms with Crippen LogP contribution in [0.4, 0.5) is 4.48 Å². The number of carbonyl (C=O) groups is 1. The lowest BCUT2D eigenvalue weighted by Gasteiger charge is -2.08. The molecule has 0 fully saturated rings. The predicted molar refractivity (Wildman–Crippen MR) is 53.3 cm³/mol. The second-order valence-corrected chi connectivity index (χ2v) is 3.55. The van der Waals surface area contributed by atoms with Crippen molar-refractivity contribution < 1.29 is 9.28 Å². The minimum Gasteiger partial charge on any atom is -0.272 e. The van der Waals surface area contributed by atoms with E-state index < -0.39 is 5.91 Å². The Balaban J connectivity index is 2.60. The van der Waals surface area contributed by atoms with Crippen LogP contribution in [-0.2, 0) is 11.2 Å². The fraction of sp³-hybridized carbons (Fsp3) is 0.364. The van der Waals surface area contributed by atoms with Crippen LogP contribution in [-0.4, -0.2) is 5.91 Å². The Morgan fingerprint density at radius 1 is 1.43 bits per heavy atom. The average Bonchev–Trinajstić information content (AvgIpc) is 2.20. The van der Waals surface area contributed by atoms with E-state index in [2.05, 4.69) is 0 Å². The van der Waals surface area contributed by atoms with Gasteiger partial charge in [0, 0.05) is 5.92 Å². The normalized spacial score (nSPS) is 12.2. The number of nitrogens with one attached hydrogen (secondary N) is 1. The molecule has 0 aliphatic heterocycles. The van der Waals surface area contributed by atoms with E-state index in [1.54, 1.807) is 6.92 Å². The van der Waals surface area contributed by atoms with Crippen LogP contribution in [0.5, 0.6) is 0 Å². The summed E-state index contributed by atoms with van der Waals surface area (Å²) in [4.78, 5) is 10.9. The Hall–Kier alpha value is -1.38. The van der Waals surface area contributed by atoms with Crippen LogP contribution in [0.25, 0.3) is 0 Å². The molecular formula is C11H14FNO. The van der Waals surface area contributed by atoms with Gasteiger partial charge in [0.05, 0.1) is 0 Å². The minimum absolute atomic E-state index is 0.331. The van der Waals surface area contributed by atoms with Gasteiger partial charge < -0.3 is 0 Å². The number of halogens is 1. The third-order valence-corrected chi connectivity index (χ3v) is 2.20. The largest absolute Gasteiger partial charge is 0.272 e. The Labute approximate surface area is 83.1 Å². The molecule has 3 heteroatoms. The minimum atomic E-state index is -0.564. The zero-order valence-electron chi connectivity index (χ0n) is 8.38. The summed E-state index contributed by atoms with van der Waals surface area (Å²) in [5.74, 6) is -0.895. The number of aryl methyl sites for hydroxylation is 1. The topological polar surface area (TPSA) is 29.1 Å². The van der Waals surface area contributed by atoms with Crippen LogP contribution in [0.3, 0.4) is 0 Å². The summed E-state index contributed by atoms with van der Waals surface area (Å²) in [5, 5.41) is 0. The highest BCUT2D eigenvalue weighted by atomic mass is 19.2. The summed E-state index contributed by atoms with van der Waals surface area (Å²) >= 11 is 0. The van der Waals surface area contributed by atoms with Crippen molar-refractivity contribution >= 4 is 5.91 Å². The molecule has 0 aliphatic carbocycles. The summed E-state index contributed by atoms with van der Waals surface area (Å²) in [5.41, 5.74) is 3.38. The molecule has 1 aromatic rings. The van der Waals surface area contributed by atoms with Crippen LogP contribution in [0, 0.1) is 12.8 Å². The molecule has 0 aromatic heterocycles. The van der Waals surface area contributed by atoms with Crippen molar-refractivity contribution in [3.63, 3.8) is 0 Å². The van der Waals surface area contributed by atoms with E-state index in [4.69, 9.17) is 0 Å². The molecule has 14 heavy (non-hydrogen) atoms. The third-order valence-electron chi connectivity index (χ3n) is 2.20. The SMILES string of the molecule is Cc1ccc(CC(C)C(=O)NF)cc1. The van der Waals surface area contributed by atoms with E-state index in [9.17, 15) is 9.28 Å². The van der Waals surface area contributed by atoms with Gasteiger partial charge in [-0.3, -0.25) is 4.79 Å². The van der Waals surface area contributed by atoms with E-state index in [1.165, 1.54) is 5.56 Å². The van der Waals surface area contributed by atoms with Gasteiger partial charge in [0.1, 0.15) is 0 Å². The predicted octanol–water partition coefficient (Wildman–Crippen LogP) is 2.17. The number of rotatable bonds is 3. The van der Waals surface area contributed by atoms with Crippen molar-refractivity contribution in [2.24, 2.45) is 5.92 Å². The summed E-state index contributed by atoms with van der Waals surface area (Å²) in [7, 11) is 0. The monoisotopic (exact) mass is 195 g/mol. The maximum Gasteiger partial charge on any atom is 0.250 e. The quantitative estimate of drug-likeness (QED) is 0.736. The molecule has 0 saturated carbocycles. The number of hydrogen-bond acceptors (Lipinski definition) is 1. The van der Waals surface area contributed by atoms with Crippen LogP contribution >= 0.6 is 0 Å². The lowest BCUT2D eigenvalue weighted by atomic mass is 10.00. The number of carbonyl (C=O) groups excluding carboxylic acids is 1. The van der Waals surface area contributed by atoms with Gasteiger partial charge in [-0.25, -0.2) is 0 Å². The van der Waals surface area contributed by atoms with E-state index in [0.717, 1.165) is 11.1 Å². The Morgan fingerprint density at radius 3 is 2.50 bits per heavy atom. The van der Waals surface area contributed by atoms with Gasteiger partial charge in [0.15, 0.2) is 0 Å². The fourth-order valence-electron chi connectivity index (χ4n) is 1.26. The highest BCUT2D eigenvalue weighted by Crippen LogP contribution is 2.09. The molecule has 2 nitrogen and oxygen atoms in total. The van der Waals surface area contributed by atoms with E-state index in [-0.39, 0.29) is 5.92 Å². The van der Waals surface area contributed by atoms with Crippen molar-refractivity contribution in [1.29, 1.82) is 0 Å². The van der Waals surface area contributed by atoms with Gasteiger partial charge in [-0.05, 0) is 18.9 Å². The average molecular weight is 195 g/mol. The molecule has 76 valence electrons. The van der Waals surface area contributed by atoms with Crippen molar-refractivity contribution in [2.45, 2.75) is 20.3 Å². The summed E-state index contributed by atoms with van der Waals surface area (Å²) in [6.07, 6.45) is 0.566. The molecule has 1 aromatic carbocycles. The van der Waals surface area contributed by atoms with Crippen molar-refractivity contribution in [1.82, 2.24) is 5.54 Å². The van der Waals surface area contributed by atoms with Crippen LogP contribution in [0.1, 0.15) is 18.1 Å². The lowest BCUT2D eigenvalue weighted by Crippen LogP contribution is -2.23. The maximum absolute atomic E-state index is 11.8. The highest BCUT2D eigenvalue weighted by molar-refractivity contribution is 5.77. The van der Waals surface area contributed by atoms with Crippen molar-refractivity contribution in [3.8, 4) is 0 Å². The molecule has 1 amide bonds. The molecular weight excluding hydrogens is 181 g/mol. The van der Waals surface area contributed by atoms with Crippen molar-refractivity contribution in [2.75, 3.05) is 0 Å². The van der Waals surface area contributed by atoms with E-state index in [1.807, 2.05) is 31.2 Å². The first kappa shape index (κ1) is 10.7. The molecule has 0 saturated heterocycles. The molecule has 0 bridgehead atoms. The zero-order chi connectivity index (χ0) is 10.6. The van der Waals surface area contributed by atoms with Crippen LogP contribution < -0.4 is 5.54 Å². The molecule has 1 unspecified atom stereocenters. The maximum atomic E-state index is 11.8. The lowest BCUT2D eigenvalue weighted by molar-refractivity contribution is -0.128. The molecule has 1 rings (SSSR count). The van der Waals surface area contributed by atoms with Gasteiger partial charge >= 0.3 is 0 Å². The fourth-order valence-corrected chi connectivity index (χ4v) is 1.26. The summed E-state index contributed by atoms with van der Waals surface area (Å²) in [6.45, 7) is 3.70. The number of hydrogen-bond donors (Lipinski definition) is 1. The van der Waals surface area contributed by atoms with E-state index >= 15 is 0 Å². The first-order valence-electron chi connectivity index (χ1n) is 4.59. The second-order valence-electron chi connectivity index (χ2n) is 3.55. The standard InChI is InChI=1S/C11H14FNO/c1-8-3-5-10(6-4-8)7-9(2)11(14)13-12/h3-6,9H,7H2,1-2H3,(H,13,14). The van der Waals surface area contributed by atoms with Gasteiger partial charge in [-0.2, -0.15) is 5.54 Å². The zero-order valence-corrected chi connectivity index (χ0v) is 8.38. The molecule has 1 N–H and O–H groups in total. The molecule has 0 spiro atoms. The van der Waals surface area contributed by atoms with Gasteiger partial charge in [-0.1, -0.05) is 36.8 Å². The van der Waals surface area contributed by atoms with E-state index in [0.29, 0.717) is 6.42 Å². The first-order valence-corrected chi connectivity index (χ1v) is 4.59. The Morgan fingerprint density at radius 2 is 2.00 bits per heavy atom. The Kier molecular flexibility index (Phi) is 3.63. The summed E-state index contributed by atoms with van der Waals surface area (Å²) in [6, 6.07) is 7.87. The third kappa shape index (κ3) is 2.83. The van der Waals surface area contributed by atoms with Gasteiger partial charge in [-0.15, -0.1) is 4.48 Å². The highest BCUT2D eigenvalue weighted by Gasteiger charge is 2.12. The smallest absolute Gasteiger partial charge is 0.250 e. The molecule has 0 radical (unpaired) electrons. The Bertz CT molecular complexity index is 308. The van der Waals surface area contributed by atoms with Crippen LogP contribution in [0.15, 0.2) is 24.3 Å². The van der Waals surface area contributed by atoms with Crippen LogP contribution in [0.2, 0.25) is 0 Å².